The van der Waals surface area contributed by atoms with E-state index >= 15 is 0 Å². The molecule has 0 atom stereocenters. The minimum Gasteiger partial charge on any atom is -0.478 e. The van der Waals surface area contributed by atoms with Gasteiger partial charge in [0, 0.05) is 0 Å². The first-order valence-corrected chi connectivity index (χ1v) is 4.43. The SMILES string of the molecule is Cc1c(C(=O)O)ccc(C(=O)Cl)c1Cl. The van der Waals surface area contributed by atoms with Gasteiger partial charge in [-0.05, 0) is 36.2 Å². The van der Waals surface area contributed by atoms with E-state index in [4.69, 9.17) is 28.3 Å². The lowest BCUT2D eigenvalue weighted by Gasteiger charge is -2.05. The summed E-state index contributed by atoms with van der Waals surface area (Å²) in [6.07, 6.45) is 0. The summed E-state index contributed by atoms with van der Waals surface area (Å²) in [6, 6.07) is 2.60. The molecule has 0 fully saturated rings. The normalized spacial score (nSPS) is 9.93. The molecule has 1 aromatic rings. The van der Waals surface area contributed by atoms with Gasteiger partial charge in [-0.3, -0.25) is 4.79 Å². The largest absolute Gasteiger partial charge is 0.478 e. The molecule has 3 nitrogen and oxygen atoms in total. The van der Waals surface area contributed by atoms with Crippen molar-refractivity contribution >= 4 is 34.4 Å². The van der Waals surface area contributed by atoms with Crippen LogP contribution < -0.4 is 0 Å². The van der Waals surface area contributed by atoms with Crippen molar-refractivity contribution in [1.82, 2.24) is 0 Å². The first-order chi connectivity index (χ1) is 6.45. The first-order valence-electron chi connectivity index (χ1n) is 3.67. The maximum absolute atomic E-state index is 10.8. The van der Waals surface area contributed by atoms with Gasteiger partial charge in [0.15, 0.2) is 0 Å². The Balaban J connectivity index is 3.41. The lowest BCUT2D eigenvalue weighted by molar-refractivity contribution is 0.0695. The van der Waals surface area contributed by atoms with E-state index in [2.05, 4.69) is 0 Å². The van der Waals surface area contributed by atoms with Crippen LogP contribution in [0.25, 0.3) is 0 Å². The Morgan fingerprint density at radius 2 is 1.79 bits per heavy atom. The average Bonchev–Trinajstić information content (AvgIpc) is 2.08. The number of carbonyl (C=O) groups excluding carboxylic acids is 1. The first kappa shape index (κ1) is 11.0. The number of carboxylic acid groups (broad SMARTS) is 1. The third-order valence-electron chi connectivity index (χ3n) is 1.83. The van der Waals surface area contributed by atoms with Crippen molar-refractivity contribution in [3.63, 3.8) is 0 Å². The molecule has 5 heteroatoms. The number of hydrogen-bond donors (Lipinski definition) is 1. The third-order valence-corrected chi connectivity index (χ3v) is 2.52. The summed E-state index contributed by atoms with van der Waals surface area (Å²) in [5, 5.41) is 8.13. The highest BCUT2D eigenvalue weighted by Crippen LogP contribution is 2.25. The predicted molar refractivity (Wildman–Crippen MR) is 53.3 cm³/mol. The molecule has 0 aliphatic heterocycles. The van der Waals surface area contributed by atoms with E-state index in [9.17, 15) is 9.59 Å². The topological polar surface area (TPSA) is 54.4 Å². The van der Waals surface area contributed by atoms with Crippen molar-refractivity contribution in [3.8, 4) is 0 Å². The summed E-state index contributed by atoms with van der Waals surface area (Å²) >= 11 is 11.0. The average molecular weight is 233 g/mol. The van der Waals surface area contributed by atoms with Crippen molar-refractivity contribution in [2.75, 3.05) is 0 Å². The summed E-state index contributed by atoms with van der Waals surface area (Å²) in [6.45, 7) is 1.52. The minimum absolute atomic E-state index is 0.0664. The number of carbonyl (C=O) groups is 2. The molecule has 0 saturated heterocycles. The second kappa shape index (κ2) is 3.98. The predicted octanol–water partition coefficient (Wildman–Crippen LogP) is 2.73. The van der Waals surface area contributed by atoms with Gasteiger partial charge in [-0.15, -0.1) is 0 Å². The number of hydrogen-bond acceptors (Lipinski definition) is 2. The van der Waals surface area contributed by atoms with Crippen LogP contribution in [-0.4, -0.2) is 16.3 Å². The summed E-state index contributed by atoms with van der Waals surface area (Å²) in [5.41, 5.74) is 0.526. The molecule has 0 unspecified atom stereocenters. The fourth-order valence-corrected chi connectivity index (χ4v) is 1.53. The highest BCUT2D eigenvalue weighted by atomic mass is 35.5. The lowest BCUT2D eigenvalue weighted by atomic mass is 10.1. The second-order valence-corrected chi connectivity index (χ2v) is 3.40. The molecular formula is C9H6Cl2O3. The molecule has 0 saturated carbocycles. The van der Waals surface area contributed by atoms with Gasteiger partial charge in [0.2, 0.25) is 0 Å². The van der Waals surface area contributed by atoms with E-state index in [0.717, 1.165) is 0 Å². The molecule has 0 aliphatic carbocycles. The Morgan fingerprint density at radius 1 is 1.29 bits per heavy atom. The molecule has 0 bridgehead atoms. The van der Waals surface area contributed by atoms with E-state index in [1.54, 1.807) is 0 Å². The quantitative estimate of drug-likeness (QED) is 0.799. The van der Waals surface area contributed by atoms with E-state index < -0.39 is 11.2 Å². The van der Waals surface area contributed by atoms with Gasteiger partial charge in [0.1, 0.15) is 0 Å². The maximum atomic E-state index is 10.8. The van der Waals surface area contributed by atoms with Crippen LogP contribution in [0.2, 0.25) is 5.02 Å². The Morgan fingerprint density at radius 3 is 2.21 bits per heavy atom. The molecule has 0 amide bonds. The van der Waals surface area contributed by atoms with Crippen molar-refractivity contribution in [1.29, 1.82) is 0 Å². The molecule has 1 N–H and O–H groups in total. The van der Waals surface area contributed by atoms with E-state index in [0.29, 0.717) is 5.56 Å². The van der Waals surface area contributed by atoms with Crippen LogP contribution in [0.5, 0.6) is 0 Å². The number of benzene rings is 1. The molecule has 1 rings (SSSR count). The maximum Gasteiger partial charge on any atom is 0.336 e. The zero-order chi connectivity index (χ0) is 10.9. The minimum atomic E-state index is -1.09. The van der Waals surface area contributed by atoms with Crippen LogP contribution in [0, 0.1) is 6.92 Å². The van der Waals surface area contributed by atoms with Crippen molar-refractivity contribution < 1.29 is 14.7 Å². The summed E-state index contributed by atoms with van der Waals surface area (Å²) < 4.78 is 0. The highest BCUT2D eigenvalue weighted by molar-refractivity contribution is 6.68. The van der Waals surface area contributed by atoms with Gasteiger partial charge in [0.05, 0.1) is 16.1 Å². The molecule has 74 valence electrons. The van der Waals surface area contributed by atoms with Crippen LogP contribution in [0.4, 0.5) is 0 Å². The smallest absolute Gasteiger partial charge is 0.336 e. The summed E-state index contributed by atoms with van der Waals surface area (Å²) in [4.78, 5) is 21.5. The third kappa shape index (κ3) is 1.89. The molecule has 0 radical (unpaired) electrons. The van der Waals surface area contributed by atoms with Gasteiger partial charge in [-0.1, -0.05) is 11.6 Å². The van der Waals surface area contributed by atoms with Gasteiger partial charge in [-0.25, -0.2) is 4.79 Å². The van der Waals surface area contributed by atoms with Crippen LogP contribution in [0.3, 0.4) is 0 Å². The van der Waals surface area contributed by atoms with Crippen LogP contribution in [0.1, 0.15) is 26.3 Å². The summed E-state index contributed by atoms with van der Waals surface area (Å²) in [5.74, 6) is -1.09. The second-order valence-electron chi connectivity index (χ2n) is 2.68. The van der Waals surface area contributed by atoms with Crippen LogP contribution in [0.15, 0.2) is 12.1 Å². The van der Waals surface area contributed by atoms with Crippen molar-refractivity contribution in [2.24, 2.45) is 0 Å². The highest BCUT2D eigenvalue weighted by Gasteiger charge is 2.15. The Bertz CT molecular complexity index is 374. The lowest BCUT2D eigenvalue weighted by Crippen LogP contribution is -2.02. The number of rotatable bonds is 2. The fraction of sp³-hybridized carbons (Fsp3) is 0.111. The van der Waals surface area contributed by atoms with Crippen LogP contribution >= 0.6 is 23.2 Å². The van der Waals surface area contributed by atoms with E-state index in [1.165, 1.54) is 19.1 Å². The Hall–Kier alpha value is -1.06. The number of halogens is 2. The number of carboxylic acids is 1. The molecule has 14 heavy (non-hydrogen) atoms. The Labute approximate surface area is 90.3 Å². The monoisotopic (exact) mass is 232 g/mol. The van der Waals surface area contributed by atoms with Gasteiger partial charge < -0.3 is 5.11 Å². The van der Waals surface area contributed by atoms with E-state index in [1.807, 2.05) is 0 Å². The van der Waals surface area contributed by atoms with Crippen LogP contribution in [-0.2, 0) is 0 Å². The zero-order valence-electron chi connectivity index (χ0n) is 7.17. The fourth-order valence-electron chi connectivity index (χ4n) is 1.07. The molecule has 0 spiro atoms. The molecule has 1 aromatic carbocycles. The summed E-state index contributed by atoms with van der Waals surface area (Å²) in [7, 11) is 0. The standard InChI is InChI=1S/C9H6Cl2O3/c1-4-5(9(13)14)2-3-6(7(4)10)8(11)12/h2-3H,1H3,(H,13,14). The van der Waals surface area contributed by atoms with Crippen molar-refractivity contribution in [2.45, 2.75) is 6.92 Å². The Kier molecular flexibility index (Phi) is 3.13. The van der Waals surface area contributed by atoms with E-state index in [-0.39, 0.29) is 16.1 Å². The molecular weight excluding hydrogens is 227 g/mol. The number of aromatic carboxylic acids is 1. The molecule has 0 aromatic heterocycles. The van der Waals surface area contributed by atoms with Gasteiger partial charge in [0.25, 0.3) is 5.24 Å². The molecule has 0 aliphatic rings. The van der Waals surface area contributed by atoms with Gasteiger partial charge in [-0.2, -0.15) is 0 Å². The zero-order valence-corrected chi connectivity index (χ0v) is 8.69. The van der Waals surface area contributed by atoms with Gasteiger partial charge >= 0.3 is 5.97 Å². The molecule has 0 heterocycles. The van der Waals surface area contributed by atoms with Crippen molar-refractivity contribution in [3.05, 3.63) is 33.8 Å².